The topological polar surface area (TPSA) is 75.7 Å². The first kappa shape index (κ1) is 18.5. The minimum atomic E-state index is -0.358. The highest BCUT2D eigenvalue weighted by atomic mass is 35.5. The van der Waals surface area contributed by atoms with Crippen LogP contribution in [-0.4, -0.2) is 45.4 Å². The zero-order chi connectivity index (χ0) is 20.0. The van der Waals surface area contributed by atoms with Crippen molar-refractivity contribution in [3.05, 3.63) is 63.3 Å². The molecule has 0 amide bonds. The van der Waals surface area contributed by atoms with Gasteiger partial charge in [-0.05, 0) is 18.2 Å². The lowest BCUT2D eigenvalue weighted by molar-refractivity contribution is -0.384. The van der Waals surface area contributed by atoms with Gasteiger partial charge in [-0.15, -0.1) is 0 Å². The number of halogens is 1. The average Bonchev–Trinajstić information content (AvgIpc) is 3.25. The van der Waals surface area contributed by atoms with E-state index in [4.69, 9.17) is 16.6 Å². The Hall–Kier alpha value is -2.52. The molecule has 148 valence electrons. The van der Waals surface area contributed by atoms with Crippen molar-refractivity contribution < 1.29 is 4.92 Å². The number of nitro groups is 1. The van der Waals surface area contributed by atoms with Gasteiger partial charge >= 0.3 is 0 Å². The molecule has 9 heteroatoms. The molecule has 4 aromatic rings. The maximum Gasteiger partial charge on any atom is 0.270 e. The van der Waals surface area contributed by atoms with Gasteiger partial charge in [0.25, 0.3) is 5.69 Å². The van der Waals surface area contributed by atoms with Gasteiger partial charge in [-0.1, -0.05) is 35.1 Å². The summed E-state index contributed by atoms with van der Waals surface area (Å²) in [6, 6.07) is 12.7. The van der Waals surface area contributed by atoms with Gasteiger partial charge in [-0.3, -0.25) is 19.4 Å². The van der Waals surface area contributed by atoms with E-state index >= 15 is 0 Å². The van der Waals surface area contributed by atoms with Crippen LogP contribution in [0.3, 0.4) is 0 Å². The third kappa shape index (κ3) is 3.38. The third-order valence-corrected chi connectivity index (χ3v) is 6.49. The number of hydrogen-bond acceptors (Lipinski definition) is 6. The number of rotatable bonds is 4. The number of nitrogens with one attached hydrogen (secondary N) is 1. The number of nitrogens with zero attached hydrogens (tertiary/aromatic N) is 4. The Morgan fingerprint density at radius 3 is 2.66 bits per heavy atom. The second-order valence-electron chi connectivity index (χ2n) is 7.07. The maximum absolute atomic E-state index is 11.2. The molecule has 1 saturated heterocycles. The van der Waals surface area contributed by atoms with Gasteiger partial charge in [0.15, 0.2) is 4.96 Å². The van der Waals surface area contributed by atoms with Crippen LogP contribution in [0.25, 0.3) is 26.4 Å². The lowest BCUT2D eigenvalue weighted by Crippen LogP contribution is -2.43. The number of thiazole rings is 1. The highest BCUT2D eigenvalue weighted by Gasteiger charge is 2.22. The first-order chi connectivity index (χ1) is 14.1. The Morgan fingerprint density at radius 2 is 1.93 bits per heavy atom. The predicted molar refractivity (Wildman–Crippen MR) is 116 cm³/mol. The van der Waals surface area contributed by atoms with Crippen LogP contribution < -0.4 is 5.32 Å². The third-order valence-electron chi connectivity index (χ3n) is 5.24. The van der Waals surface area contributed by atoms with Gasteiger partial charge in [0, 0.05) is 55.4 Å². The molecule has 0 saturated carbocycles. The van der Waals surface area contributed by atoms with Crippen molar-refractivity contribution in [1.82, 2.24) is 19.6 Å². The highest BCUT2D eigenvalue weighted by molar-refractivity contribution is 7.23. The summed E-state index contributed by atoms with van der Waals surface area (Å²) in [4.78, 5) is 19.0. The summed E-state index contributed by atoms with van der Waals surface area (Å²) < 4.78 is 3.02. The van der Waals surface area contributed by atoms with Crippen molar-refractivity contribution in [2.75, 3.05) is 26.2 Å². The van der Waals surface area contributed by atoms with Crippen LogP contribution in [0.15, 0.2) is 42.5 Å². The van der Waals surface area contributed by atoms with Crippen LogP contribution in [0.5, 0.6) is 0 Å². The van der Waals surface area contributed by atoms with Crippen LogP contribution in [-0.2, 0) is 6.54 Å². The molecular weight excluding hydrogens is 410 g/mol. The summed E-state index contributed by atoms with van der Waals surface area (Å²) in [7, 11) is 0. The quantitative estimate of drug-likeness (QED) is 0.390. The van der Waals surface area contributed by atoms with Crippen molar-refractivity contribution in [2.24, 2.45) is 0 Å². The van der Waals surface area contributed by atoms with Crippen LogP contribution in [0, 0.1) is 10.1 Å². The number of imidazole rings is 1. The fraction of sp³-hybridized carbons (Fsp3) is 0.250. The van der Waals surface area contributed by atoms with Crippen molar-refractivity contribution in [1.29, 1.82) is 0 Å². The summed E-state index contributed by atoms with van der Waals surface area (Å²) in [5.41, 5.74) is 4.11. The molecule has 0 radical (unpaired) electrons. The molecule has 1 aliphatic rings. The summed E-state index contributed by atoms with van der Waals surface area (Å²) >= 11 is 7.56. The molecule has 3 heterocycles. The molecular formula is C20H18ClN5O2S. The maximum atomic E-state index is 11.2. The highest BCUT2D eigenvalue weighted by Crippen LogP contribution is 2.35. The molecule has 0 aliphatic carbocycles. The predicted octanol–water partition coefficient (Wildman–Crippen LogP) is 4.18. The van der Waals surface area contributed by atoms with Crippen molar-refractivity contribution >= 4 is 43.8 Å². The number of non-ortho nitro benzene ring substituents is 1. The van der Waals surface area contributed by atoms with E-state index in [1.807, 2.05) is 30.3 Å². The van der Waals surface area contributed by atoms with E-state index in [0.29, 0.717) is 5.02 Å². The summed E-state index contributed by atoms with van der Waals surface area (Å²) in [6.45, 7) is 4.65. The molecule has 2 aromatic carbocycles. The van der Waals surface area contributed by atoms with Crippen LogP contribution >= 0.6 is 22.9 Å². The number of piperazine rings is 1. The largest absolute Gasteiger partial charge is 0.314 e. The molecule has 0 bridgehead atoms. The number of benzene rings is 2. The second-order valence-corrected chi connectivity index (χ2v) is 8.51. The zero-order valence-electron chi connectivity index (χ0n) is 15.5. The Kier molecular flexibility index (Phi) is 4.71. The molecule has 29 heavy (non-hydrogen) atoms. The second kappa shape index (κ2) is 7.38. The summed E-state index contributed by atoms with van der Waals surface area (Å²) in [5, 5.41) is 15.2. The minimum Gasteiger partial charge on any atom is -0.314 e. The fourth-order valence-corrected chi connectivity index (χ4v) is 5.00. The first-order valence-electron chi connectivity index (χ1n) is 9.37. The Bertz CT molecular complexity index is 1210. The van der Waals surface area contributed by atoms with Crippen LogP contribution in [0.1, 0.15) is 5.69 Å². The molecule has 0 unspecified atom stereocenters. The molecule has 5 rings (SSSR count). The standard InChI is InChI=1S/C20H18ClN5O2S/c21-14-3-1-13(2-4-14)19-17(12-24-9-7-22-8-10-24)25-16-6-5-15(26(27)28)11-18(16)29-20(25)23-19/h1-6,11,22H,7-10,12H2. The molecule has 0 spiro atoms. The normalized spacial score (nSPS) is 15.3. The van der Waals surface area contributed by atoms with E-state index < -0.39 is 0 Å². The Labute approximate surface area is 175 Å². The van der Waals surface area contributed by atoms with Gasteiger partial charge < -0.3 is 5.32 Å². The number of aromatic nitrogens is 2. The van der Waals surface area contributed by atoms with Crippen LogP contribution in [0.4, 0.5) is 5.69 Å². The monoisotopic (exact) mass is 427 g/mol. The number of hydrogen-bond donors (Lipinski definition) is 1. The average molecular weight is 428 g/mol. The molecule has 0 atom stereocenters. The van der Waals surface area contributed by atoms with E-state index in [9.17, 15) is 10.1 Å². The molecule has 1 aliphatic heterocycles. The number of fused-ring (bicyclic) bond motifs is 3. The van der Waals surface area contributed by atoms with Gasteiger partial charge in [0.05, 0.1) is 26.5 Å². The minimum absolute atomic E-state index is 0.101. The van der Waals surface area contributed by atoms with E-state index in [0.717, 1.165) is 64.9 Å². The van der Waals surface area contributed by atoms with Gasteiger partial charge in [0.1, 0.15) is 0 Å². The van der Waals surface area contributed by atoms with E-state index in [-0.39, 0.29) is 10.6 Å². The Balaban J connectivity index is 1.69. The van der Waals surface area contributed by atoms with Crippen LogP contribution in [0.2, 0.25) is 5.02 Å². The van der Waals surface area contributed by atoms with Gasteiger partial charge in [0.2, 0.25) is 0 Å². The van der Waals surface area contributed by atoms with E-state index in [1.165, 1.54) is 11.3 Å². The summed E-state index contributed by atoms with van der Waals surface area (Å²) in [6.07, 6.45) is 0. The molecule has 1 fully saturated rings. The lowest BCUT2D eigenvalue weighted by Gasteiger charge is -2.27. The van der Waals surface area contributed by atoms with Crippen molar-refractivity contribution in [3.63, 3.8) is 0 Å². The van der Waals surface area contributed by atoms with E-state index in [1.54, 1.807) is 12.1 Å². The van der Waals surface area contributed by atoms with Crippen molar-refractivity contribution in [3.8, 4) is 11.3 Å². The van der Waals surface area contributed by atoms with E-state index in [2.05, 4.69) is 14.6 Å². The van der Waals surface area contributed by atoms with Crippen molar-refractivity contribution in [2.45, 2.75) is 6.54 Å². The summed E-state index contributed by atoms with van der Waals surface area (Å²) in [5.74, 6) is 0. The lowest BCUT2D eigenvalue weighted by atomic mass is 10.1. The zero-order valence-corrected chi connectivity index (χ0v) is 17.0. The first-order valence-corrected chi connectivity index (χ1v) is 10.6. The number of nitro benzene ring substituents is 1. The van der Waals surface area contributed by atoms with Gasteiger partial charge in [-0.25, -0.2) is 4.98 Å². The SMILES string of the molecule is O=[N+]([O-])c1ccc2c(c1)sc1nc(-c3ccc(Cl)cc3)c(CN3CCNCC3)n12. The molecule has 2 aromatic heterocycles. The smallest absolute Gasteiger partial charge is 0.270 e. The fourth-order valence-electron chi connectivity index (χ4n) is 3.80. The Morgan fingerprint density at radius 1 is 1.17 bits per heavy atom. The molecule has 7 nitrogen and oxygen atoms in total. The molecule has 1 N–H and O–H groups in total. The van der Waals surface area contributed by atoms with Gasteiger partial charge in [-0.2, -0.15) is 0 Å².